The molecule has 0 aliphatic carbocycles. The number of rotatable bonds is 4. The summed E-state index contributed by atoms with van der Waals surface area (Å²) in [6, 6.07) is 21.2. The van der Waals surface area contributed by atoms with Gasteiger partial charge in [-0.3, -0.25) is 10.1 Å². The van der Waals surface area contributed by atoms with Crippen molar-refractivity contribution in [3.63, 3.8) is 0 Å². The van der Waals surface area contributed by atoms with Gasteiger partial charge in [0, 0.05) is 5.56 Å². The Hall–Kier alpha value is -3.56. The maximum atomic E-state index is 13.1. The Morgan fingerprint density at radius 3 is 2.53 bits per heavy atom. The molecular formula is C23H16N2O5S2. The van der Waals surface area contributed by atoms with Crippen molar-refractivity contribution in [3.8, 4) is 22.6 Å². The minimum absolute atomic E-state index is 0.00450. The molecule has 0 bridgehead atoms. The van der Waals surface area contributed by atoms with E-state index in [0.717, 1.165) is 22.9 Å². The van der Waals surface area contributed by atoms with E-state index in [0.29, 0.717) is 22.0 Å². The van der Waals surface area contributed by atoms with Crippen molar-refractivity contribution < 1.29 is 22.7 Å². The monoisotopic (exact) mass is 464 g/mol. The van der Waals surface area contributed by atoms with Crippen LogP contribution >= 0.6 is 11.8 Å². The van der Waals surface area contributed by atoms with Crippen LogP contribution in [0.4, 0.5) is 0 Å². The van der Waals surface area contributed by atoms with Crippen molar-refractivity contribution in [1.29, 1.82) is 0 Å². The van der Waals surface area contributed by atoms with E-state index in [1.54, 1.807) is 42.5 Å². The maximum Gasteiger partial charge on any atom is 0.285 e. The Balaban J connectivity index is 1.44. The second-order valence-electron chi connectivity index (χ2n) is 6.91. The summed E-state index contributed by atoms with van der Waals surface area (Å²) in [4.78, 5) is 12.8. The quantitative estimate of drug-likeness (QED) is 0.586. The number of nitrogens with one attached hydrogen (secondary N) is 1. The third-order valence-electron chi connectivity index (χ3n) is 4.80. The fourth-order valence-electron chi connectivity index (χ4n) is 3.33. The van der Waals surface area contributed by atoms with Crippen molar-refractivity contribution in [2.24, 2.45) is 4.40 Å². The Morgan fingerprint density at radius 2 is 1.69 bits per heavy atom. The maximum absolute atomic E-state index is 13.1. The first-order chi connectivity index (χ1) is 15.5. The van der Waals surface area contributed by atoms with Crippen LogP contribution in [-0.2, 0) is 14.8 Å². The summed E-state index contributed by atoms with van der Waals surface area (Å²) < 4.78 is 40.7. The molecule has 3 aromatic rings. The fraction of sp³-hybridized carbons (Fsp3) is 0.0435. The molecule has 1 saturated heterocycles. The van der Waals surface area contributed by atoms with E-state index in [1.807, 2.05) is 30.3 Å². The van der Waals surface area contributed by atoms with Crippen molar-refractivity contribution in [3.05, 3.63) is 83.3 Å². The van der Waals surface area contributed by atoms with Gasteiger partial charge in [0.25, 0.3) is 15.9 Å². The lowest BCUT2D eigenvalue weighted by molar-refractivity contribution is -0.115. The fourth-order valence-corrected chi connectivity index (χ4v) is 5.54. The molecule has 0 unspecified atom stereocenters. The zero-order valence-corrected chi connectivity index (χ0v) is 18.2. The third-order valence-corrected chi connectivity index (χ3v) is 7.16. The standard InChI is InChI=1S/C23H16N2O5S2/c26-22-20(13-15-10-11-18-19(12-15)30-14-29-18)31-23(24-22)25-32(27,28)21-9-5-4-8-17(21)16-6-2-1-3-7-16/h1-13H,14H2,(H,24,25,26)/b20-13+. The molecule has 2 heterocycles. The van der Waals surface area contributed by atoms with E-state index in [1.165, 1.54) is 6.07 Å². The highest BCUT2D eigenvalue weighted by Gasteiger charge is 2.28. The van der Waals surface area contributed by atoms with Crippen LogP contribution in [0.2, 0.25) is 0 Å². The van der Waals surface area contributed by atoms with Gasteiger partial charge in [0.05, 0.1) is 9.80 Å². The average Bonchev–Trinajstić information content (AvgIpc) is 3.40. The predicted molar refractivity (Wildman–Crippen MR) is 123 cm³/mol. The van der Waals surface area contributed by atoms with Crippen LogP contribution < -0.4 is 14.8 Å². The third kappa shape index (κ3) is 4.00. The van der Waals surface area contributed by atoms with Gasteiger partial charge in [0.15, 0.2) is 16.7 Å². The molecule has 1 fully saturated rings. The lowest BCUT2D eigenvalue weighted by Gasteiger charge is -2.08. The second-order valence-corrected chi connectivity index (χ2v) is 9.51. The van der Waals surface area contributed by atoms with E-state index in [-0.39, 0.29) is 16.9 Å². The molecule has 1 N–H and O–H groups in total. The van der Waals surface area contributed by atoms with E-state index in [9.17, 15) is 13.2 Å². The molecule has 0 atom stereocenters. The zero-order valence-electron chi connectivity index (χ0n) is 16.5. The number of amidine groups is 1. The van der Waals surface area contributed by atoms with E-state index in [2.05, 4.69) is 9.71 Å². The number of fused-ring (bicyclic) bond motifs is 1. The Bertz CT molecular complexity index is 1380. The minimum atomic E-state index is -4.06. The zero-order chi connectivity index (χ0) is 22.1. The topological polar surface area (TPSA) is 94.1 Å². The Labute approximate surface area is 188 Å². The number of carbonyl (C=O) groups is 1. The normalized spacial score (nSPS) is 17.7. The van der Waals surface area contributed by atoms with Crippen molar-refractivity contribution in [1.82, 2.24) is 5.32 Å². The number of thioether (sulfide) groups is 1. The largest absolute Gasteiger partial charge is 0.454 e. The van der Waals surface area contributed by atoms with Gasteiger partial charge >= 0.3 is 0 Å². The van der Waals surface area contributed by atoms with Gasteiger partial charge in [-0.1, -0.05) is 54.6 Å². The summed E-state index contributed by atoms with van der Waals surface area (Å²) in [6.07, 6.45) is 1.65. The first-order valence-electron chi connectivity index (χ1n) is 9.60. The molecule has 9 heteroatoms. The predicted octanol–water partition coefficient (Wildman–Crippen LogP) is 4.03. The number of benzene rings is 3. The summed E-state index contributed by atoms with van der Waals surface area (Å²) in [5.74, 6) is 0.816. The van der Waals surface area contributed by atoms with Gasteiger partial charge < -0.3 is 9.47 Å². The molecule has 0 saturated carbocycles. The molecular weight excluding hydrogens is 448 g/mol. The van der Waals surface area contributed by atoms with Crippen molar-refractivity contribution in [2.75, 3.05) is 6.79 Å². The highest BCUT2D eigenvalue weighted by Crippen LogP contribution is 2.35. The number of sulfonamides is 1. The van der Waals surface area contributed by atoms with Crippen LogP contribution in [0, 0.1) is 0 Å². The first kappa shape index (κ1) is 20.3. The number of carbonyl (C=O) groups excluding carboxylic acids is 1. The molecule has 1 amide bonds. The smallest absolute Gasteiger partial charge is 0.285 e. The van der Waals surface area contributed by atoms with E-state index >= 15 is 0 Å². The molecule has 0 spiro atoms. The van der Waals surface area contributed by atoms with Crippen molar-refractivity contribution in [2.45, 2.75) is 4.90 Å². The van der Waals surface area contributed by atoms with Gasteiger partial charge in [-0.15, -0.1) is 4.40 Å². The van der Waals surface area contributed by atoms with Crippen molar-refractivity contribution >= 4 is 38.9 Å². The number of ether oxygens (including phenoxy) is 2. The summed E-state index contributed by atoms with van der Waals surface area (Å²) in [7, 11) is -4.06. The molecule has 0 aromatic heterocycles. The van der Waals surface area contributed by atoms with E-state index < -0.39 is 15.9 Å². The van der Waals surface area contributed by atoms with Crippen LogP contribution in [0.25, 0.3) is 17.2 Å². The summed E-state index contributed by atoms with van der Waals surface area (Å²) in [6.45, 7) is 0.156. The summed E-state index contributed by atoms with van der Waals surface area (Å²) in [5.41, 5.74) is 2.03. The molecule has 32 heavy (non-hydrogen) atoms. The van der Waals surface area contributed by atoms with Crippen LogP contribution in [-0.4, -0.2) is 26.3 Å². The number of hydrogen-bond donors (Lipinski definition) is 1. The van der Waals surface area contributed by atoms with E-state index in [4.69, 9.17) is 9.47 Å². The molecule has 0 radical (unpaired) electrons. The molecule has 3 aromatic carbocycles. The van der Waals surface area contributed by atoms with Gasteiger partial charge in [0.2, 0.25) is 6.79 Å². The SMILES string of the molecule is O=C1N/C(=N\S(=O)(=O)c2ccccc2-c2ccccc2)S/C1=C/c1ccc2c(c1)OCO2. The number of hydrogen-bond acceptors (Lipinski definition) is 6. The first-order valence-corrected chi connectivity index (χ1v) is 11.9. The van der Waals surface area contributed by atoms with Gasteiger partial charge in [-0.25, -0.2) is 0 Å². The minimum Gasteiger partial charge on any atom is -0.454 e. The van der Waals surface area contributed by atoms with Crippen LogP contribution in [0.3, 0.4) is 0 Å². The number of nitrogens with zero attached hydrogens (tertiary/aromatic N) is 1. The van der Waals surface area contributed by atoms with Gasteiger partial charge in [-0.2, -0.15) is 8.42 Å². The lowest BCUT2D eigenvalue weighted by Crippen LogP contribution is -2.21. The summed E-state index contributed by atoms with van der Waals surface area (Å²) >= 11 is 0.969. The summed E-state index contributed by atoms with van der Waals surface area (Å²) in [5, 5.41) is 2.54. The average molecular weight is 465 g/mol. The van der Waals surface area contributed by atoms with Crippen LogP contribution in [0.5, 0.6) is 11.5 Å². The van der Waals surface area contributed by atoms with Crippen LogP contribution in [0.1, 0.15) is 5.56 Å². The highest BCUT2D eigenvalue weighted by molar-refractivity contribution is 8.19. The van der Waals surface area contributed by atoms with Crippen LogP contribution in [0.15, 0.2) is 87.0 Å². The Morgan fingerprint density at radius 1 is 0.938 bits per heavy atom. The highest BCUT2D eigenvalue weighted by atomic mass is 32.2. The molecule has 2 aliphatic heterocycles. The van der Waals surface area contributed by atoms with Gasteiger partial charge in [0.1, 0.15) is 0 Å². The number of amides is 1. The van der Waals surface area contributed by atoms with Gasteiger partial charge in [-0.05, 0) is 47.2 Å². The lowest BCUT2D eigenvalue weighted by atomic mass is 10.1. The Kier molecular flexibility index (Phi) is 5.20. The molecule has 160 valence electrons. The molecule has 5 rings (SSSR count). The molecule has 7 nitrogen and oxygen atoms in total. The second kappa shape index (κ2) is 8.18. The molecule has 2 aliphatic rings.